The molecule has 0 spiro atoms. The molecule has 1 aliphatic heterocycles. The average molecular weight is 481 g/mol. The maximum absolute atomic E-state index is 12.0. The number of pyridine rings is 1. The minimum Gasteiger partial charge on any atom is -0.497 e. The van der Waals surface area contributed by atoms with Crippen molar-refractivity contribution < 1.29 is 14.6 Å². The van der Waals surface area contributed by atoms with Gasteiger partial charge >= 0.3 is 5.97 Å². The molecule has 1 N–H and O–H groups in total. The second-order valence-electron chi connectivity index (χ2n) is 8.80. The van der Waals surface area contributed by atoms with Gasteiger partial charge in [-0.25, -0.2) is 0 Å². The number of hydrogen-bond donors (Lipinski definition) is 1. The maximum Gasteiger partial charge on any atom is 0.308 e. The van der Waals surface area contributed by atoms with Crippen LogP contribution in [0.1, 0.15) is 31.2 Å². The molecule has 180 valence electrons. The second-order valence-corrected chi connectivity index (χ2v) is 9.92. The number of carboxylic acid groups (broad SMARTS) is 1. The van der Waals surface area contributed by atoms with Gasteiger partial charge in [-0.15, -0.1) is 16.9 Å². The van der Waals surface area contributed by atoms with Crippen molar-refractivity contribution in [3.8, 4) is 5.75 Å². The van der Waals surface area contributed by atoms with E-state index in [9.17, 15) is 9.90 Å². The number of rotatable bonds is 11. The number of aryl methyl sites for hydroxylation is 1. The van der Waals surface area contributed by atoms with Gasteiger partial charge in [0.15, 0.2) is 0 Å². The summed E-state index contributed by atoms with van der Waals surface area (Å²) in [5.74, 6) is 1.06. The number of likely N-dealkylation sites (tertiary alicyclic amines) is 1. The van der Waals surface area contributed by atoms with Crippen LogP contribution < -0.4 is 4.74 Å². The molecule has 2 aromatic heterocycles. The van der Waals surface area contributed by atoms with Crippen molar-refractivity contribution in [1.82, 2.24) is 20.1 Å². The van der Waals surface area contributed by atoms with E-state index >= 15 is 0 Å². The Balaban J connectivity index is 1.26. The number of piperidine rings is 1. The summed E-state index contributed by atoms with van der Waals surface area (Å²) in [6, 6.07) is 11.9. The Bertz CT molecular complexity index is 1080. The zero-order valence-corrected chi connectivity index (χ0v) is 20.4. The van der Waals surface area contributed by atoms with Gasteiger partial charge in [0.1, 0.15) is 10.8 Å². The van der Waals surface area contributed by atoms with E-state index in [4.69, 9.17) is 4.74 Å². The number of methoxy groups -OCH3 is 1. The molecule has 3 aromatic rings. The molecule has 3 heterocycles. The molecule has 8 heteroatoms. The highest BCUT2D eigenvalue weighted by atomic mass is 32.2. The molecule has 0 amide bonds. The lowest BCUT2D eigenvalue weighted by Gasteiger charge is -2.36. The normalized spacial score (nSPS) is 18.7. The van der Waals surface area contributed by atoms with Gasteiger partial charge in [0.25, 0.3) is 0 Å². The zero-order valence-electron chi connectivity index (χ0n) is 19.6. The number of thioether (sulfide) groups is 1. The Labute approximate surface area is 204 Å². The summed E-state index contributed by atoms with van der Waals surface area (Å²) in [6.07, 6.45) is 8.30. The summed E-state index contributed by atoms with van der Waals surface area (Å²) in [7, 11) is 1.67. The summed E-state index contributed by atoms with van der Waals surface area (Å²) in [5, 5.41) is 19.9. The monoisotopic (exact) mass is 480 g/mol. The first-order valence-electron chi connectivity index (χ1n) is 11.9. The topological polar surface area (TPSA) is 88.4 Å². The van der Waals surface area contributed by atoms with Crippen LogP contribution in [0.4, 0.5) is 0 Å². The van der Waals surface area contributed by atoms with Crippen LogP contribution >= 0.6 is 11.8 Å². The molecule has 2 atom stereocenters. The van der Waals surface area contributed by atoms with Gasteiger partial charge in [0.2, 0.25) is 0 Å². The van der Waals surface area contributed by atoms with Crippen LogP contribution in [-0.2, 0) is 11.2 Å². The quantitative estimate of drug-likeness (QED) is 0.316. The van der Waals surface area contributed by atoms with Gasteiger partial charge in [-0.3, -0.25) is 9.78 Å². The molecule has 1 fully saturated rings. The van der Waals surface area contributed by atoms with Gasteiger partial charge in [0.05, 0.1) is 18.5 Å². The molecule has 1 aliphatic rings. The van der Waals surface area contributed by atoms with Gasteiger partial charge in [0, 0.05) is 30.1 Å². The fourth-order valence-electron chi connectivity index (χ4n) is 4.81. The van der Waals surface area contributed by atoms with Crippen LogP contribution in [0.15, 0.2) is 53.8 Å². The molecule has 4 rings (SSSR count). The number of benzene rings is 1. The minimum atomic E-state index is -0.664. The Morgan fingerprint density at radius 2 is 2.15 bits per heavy atom. The van der Waals surface area contributed by atoms with Crippen LogP contribution in [0.2, 0.25) is 0 Å². The summed E-state index contributed by atoms with van der Waals surface area (Å²) in [4.78, 5) is 18.8. The van der Waals surface area contributed by atoms with Gasteiger partial charge < -0.3 is 14.7 Å². The van der Waals surface area contributed by atoms with Crippen molar-refractivity contribution in [2.75, 3.05) is 32.5 Å². The Morgan fingerprint density at radius 1 is 1.24 bits per heavy atom. The standard InChI is InChI=1S/C26H32N4O3S/c1-33-21-8-9-24-22(17-21)19(10-13-27-24)5-2-6-20-11-15-30(18-23(20)26(31)32)14-4-16-34-25-7-3-12-28-29-25/h3,7-10,12-13,17,20,23H,2,4-6,11,14-16,18H2,1H3,(H,31,32)/t20-,23+/m1/s1. The van der Waals surface area contributed by atoms with E-state index in [1.165, 1.54) is 5.56 Å². The molecule has 0 unspecified atom stereocenters. The van der Waals surface area contributed by atoms with Crippen molar-refractivity contribution in [3.63, 3.8) is 0 Å². The number of nitrogens with zero attached hydrogens (tertiary/aromatic N) is 4. The highest BCUT2D eigenvalue weighted by Gasteiger charge is 2.33. The number of ether oxygens (including phenoxy) is 1. The molecular formula is C26H32N4O3S. The Kier molecular flexibility index (Phi) is 8.71. The van der Waals surface area contributed by atoms with E-state index in [0.717, 1.165) is 72.6 Å². The third-order valence-electron chi connectivity index (χ3n) is 6.63. The van der Waals surface area contributed by atoms with E-state index in [-0.39, 0.29) is 11.8 Å². The molecule has 0 bridgehead atoms. The van der Waals surface area contributed by atoms with Crippen molar-refractivity contribution >= 4 is 28.6 Å². The highest BCUT2D eigenvalue weighted by molar-refractivity contribution is 7.99. The summed E-state index contributed by atoms with van der Waals surface area (Å²) in [6.45, 7) is 2.54. The van der Waals surface area contributed by atoms with Gasteiger partial charge in [-0.05, 0) is 93.1 Å². The first-order valence-corrected chi connectivity index (χ1v) is 12.9. The molecule has 1 aromatic carbocycles. The van der Waals surface area contributed by atoms with Gasteiger partial charge in [-0.1, -0.05) is 0 Å². The number of aliphatic carboxylic acids is 1. The summed E-state index contributed by atoms with van der Waals surface area (Å²) in [5.41, 5.74) is 2.21. The van der Waals surface area contributed by atoms with E-state index in [1.54, 1.807) is 25.1 Å². The second kappa shape index (κ2) is 12.1. The molecule has 7 nitrogen and oxygen atoms in total. The average Bonchev–Trinajstić information content (AvgIpc) is 2.87. The maximum atomic E-state index is 12.0. The minimum absolute atomic E-state index is 0.227. The van der Waals surface area contributed by atoms with Crippen molar-refractivity contribution in [1.29, 1.82) is 0 Å². The first-order chi connectivity index (χ1) is 16.6. The lowest BCUT2D eigenvalue weighted by atomic mass is 9.81. The summed E-state index contributed by atoms with van der Waals surface area (Å²) < 4.78 is 5.38. The van der Waals surface area contributed by atoms with E-state index in [2.05, 4.69) is 26.1 Å². The smallest absolute Gasteiger partial charge is 0.308 e. The van der Waals surface area contributed by atoms with Crippen molar-refractivity contribution in [2.24, 2.45) is 11.8 Å². The van der Waals surface area contributed by atoms with Crippen molar-refractivity contribution in [3.05, 3.63) is 54.4 Å². The van der Waals surface area contributed by atoms with Crippen LogP contribution in [0.5, 0.6) is 5.75 Å². The van der Waals surface area contributed by atoms with Crippen molar-refractivity contribution in [2.45, 2.75) is 37.1 Å². The van der Waals surface area contributed by atoms with Crippen LogP contribution in [0, 0.1) is 11.8 Å². The number of aromatic nitrogens is 3. The largest absolute Gasteiger partial charge is 0.497 e. The Hall–Kier alpha value is -2.71. The first kappa shape index (κ1) is 24.4. The highest BCUT2D eigenvalue weighted by Crippen LogP contribution is 2.30. The van der Waals surface area contributed by atoms with E-state index in [0.29, 0.717) is 6.54 Å². The number of fused-ring (bicyclic) bond motifs is 1. The lowest BCUT2D eigenvalue weighted by molar-refractivity contribution is -0.146. The zero-order chi connectivity index (χ0) is 23.8. The fourth-order valence-corrected chi connectivity index (χ4v) is 5.57. The summed E-state index contributed by atoms with van der Waals surface area (Å²) >= 11 is 1.70. The predicted octanol–water partition coefficient (Wildman–Crippen LogP) is 4.56. The van der Waals surface area contributed by atoms with Crippen LogP contribution in [0.25, 0.3) is 10.9 Å². The van der Waals surface area contributed by atoms with Crippen LogP contribution in [0.3, 0.4) is 0 Å². The molecule has 1 saturated heterocycles. The molecule has 0 radical (unpaired) electrons. The number of carboxylic acids is 1. The molecule has 0 saturated carbocycles. The molecule has 0 aliphatic carbocycles. The van der Waals surface area contributed by atoms with E-state index in [1.807, 2.05) is 36.5 Å². The SMILES string of the molecule is COc1ccc2nccc(CCC[C@@H]3CCN(CCCSc4cccnn4)C[C@@H]3C(=O)O)c2c1. The Morgan fingerprint density at radius 3 is 2.94 bits per heavy atom. The molecular weight excluding hydrogens is 448 g/mol. The lowest BCUT2D eigenvalue weighted by Crippen LogP contribution is -2.44. The number of hydrogen-bond acceptors (Lipinski definition) is 7. The number of carbonyl (C=O) groups is 1. The predicted molar refractivity (Wildman–Crippen MR) is 134 cm³/mol. The third kappa shape index (κ3) is 6.45. The fraction of sp³-hybridized carbons (Fsp3) is 0.462. The third-order valence-corrected chi connectivity index (χ3v) is 7.64. The van der Waals surface area contributed by atoms with E-state index < -0.39 is 5.97 Å². The van der Waals surface area contributed by atoms with Crippen LogP contribution in [-0.4, -0.2) is 63.7 Å². The van der Waals surface area contributed by atoms with Gasteiger partial charge in [-0.2, -0.15) is 5.10 Å². The molecule has 34 heavy (non-hydrogen) atoms.